The van der Waals surface area contributed by atoms with Crippen LogP contribution >= 0.6 is 0 Å². The lowest BCUT2D eigenvalue weighted by Gasteiger charge is -2.15. The molecule has 0 saturated carbocycles. The Morgan fingerprint density at radius 3 is 1.13 bits per heavy atom. The SMILES string of the molecule is FC(F)(F)c1ccccc1Nc1ccccc1C=NN=Cc1ccccc1Nc1ccccc1C(F)(F)F. The zero-order valence-electron chi connectivity index (χ0n) is 19.6. The second-order valence-electron chi connectivity index (χ2n) is 8.00. The van der Waals surface area contributed by atoms with E-state index in [9.17, 15) is 26.3 Å². The van der Waals surface area contributed by atoms with Gasteiger partial charge in [0, 0.05) is 22.5 Å². The molecule has 4 aromatic carbocycles. The van der Waals surface area contributed by atoms with Crippen LogP contribution in [0.4, 0.5) is 49.1 Å². The summed E-state index contributed by atoms with van der Waals surface area (Å²) in [6, 6.07) is 23.5. The van der Waals surface area contributed by atoms with Gasteiger partial charge in [0.1, 0.15) is 0 Å². The van der Waals surface area contributed by atoms with E-state index >= 15 is 0 Å². The molecule has 0 saturated heterocycles. The smallest absolute Gasteiger partial charge is 0.354 e. The van der Waals surface area contributed by atoms with Gasteiger partial charge in [-0.3, -0.25) is 0 Å². The van der Waals surface area contributed by atoms with E-state index in [0.717, 1.165) is 12.1 Å². The number of alkyl halides is 6. The van der Waals surface area contributed by atoms with E-state index in [1.54, 1.807) is 48.5 Å². The molecular formula is C28H20F6N4. The van der Waals surface area contributed by atoms with Crippen molar-refractivity contribution in [2.24, 2.45) is 10.2 Å². The quantitative estimate of drug-likeness (QED) is 0.144. The van der Waals surface area contributed by atoms with Gasteiger partial charge in [0.05, 0.1) is 34.9 Å². The van der Waals surface area contributed by atoms with Crippen molar-refractivity contribution in [1.29, 1.82) is 0 Å². The molecule has 0 heterocycles. The summed E-state index contributed by atoms with van der Waals surface area (Å²) in [7, 11) is 0. The summed E-state index contributed by atoms with van der Waals surface area (Å²) in [4.78, 5) is 0. The van der Waals surface area contributed by atoms with Crippen LogP contribution in [0.15, 0.2) is 107 Å². The van der Waals surface area contributed by atoms with Crippen LogP contribution in [0.3, 0.4) is 0 Å². The van der Waals surface area contributed by atoms with Crippen molar-refractivity contribution in [3.8, 4) is 0 Å². The molecule has 38 heavy (non-hydrogen) atoms. The third kappa shape index (κ3) is 6.58. The molecular weight excluding hydrogens is 506 g/mol. The normalized spacial score (nSPS) is 12.3. The van der Waals surface area contributed by atoms with Gasteiger partial charge in [0.25, 0.3) is 0 Å². The largest absolute Gasteiger partial charge is 0.418 e. The highest BCUT2D eigenvalue weighted by Gasteiger charge is 2.34. The number of rotatable bonds is 7. The van der Waals surface area contributed by atoms with E-state index in [1.165, 1.54) is 48.8 Å². The summed E-state index contributed by atoms with van der Waals surface area (Å²) in [5.41, 5.74) is -0.101. The van der Waals surface area contributed by atoms with Gasteiger partial charge in [-0.25, -0.2) is 0 Å². The van der Waals surface area contributed by atoms with Crippen LogP contribution in [0.25, 0.3) is 0 Å². The molecule has 0 spiro atoms. The molecule has 0 amide bonds. The first-order valence-electron chi connectivity index (χ1n) is 11.2. The van der Waals surface area contributed by atoms with Crippen molar-refractivity contribution in [3.63, 3.8) is 0 Å². The Hall–Kier alpha value is -4.60. The summed E-state index contributed by atoms with van der Waals surface area (Å²) >= 11 is 0. The number of anilines is 4. The monoisotopic (exact) mass is 526 g/mol. The maximum atomic E-state index is 13.4. The van der Waals surface area contributed by atoms with Gasteiger partial charge in [0.15, 0.2) is 0 Å². The van der Waals surface area contributed by atoms with E-state index in [2.05, 4.69) is 20.8 Å². The lowest BCUT2D eigenvalue weighted by atomic mass is 10.1. The minimum atomic E-state index is -4.53. The molecule has 2 N–H and O–H groups in total. The minimum absolute atomic E-state index is 0.108. The number of nitrogens with zero attached hydrogens (tertiary/aromatic N) is 2. The molecule has 0 fully saturated rings. The Kier molecular flexibility index (Phi) is 7.80. The fourth-order valence-corrected chi connectivity index (χ4v) is 3.61. The molecule has 4 rings (SSSR count). The third-order valence-corrected chi connectivity index (χ3v) is 5.39. The second kappa shape index (κ2) is 11.2. The van der Waals surface area contributed by atoms with Gasteiger partial charge in [-0.05, 0) is 36.4 Å². The van der Waals surface area contributed by atoms with Gasteiger partial charge >= 0.3 is 12.4 Å². The van der Waals surface area contributed by atoms with Gasteiger partial charge in [0.2, 0.25) is 0 Å². The zero-order chi connectivity index (χ0) is 27.2. The Bertz CT molecular complexity index is 1350. The van der Waals surface area contributed by atoms with Crippen molar-refractivity contribution < 1.29 is 26.3 Å². The lowest BCUT2D eigenvalue weighted by Crippen LogP contribution is -2.09. The van der Waals surface area contributed by atoms with Crippen LogP contribution in [0.1, 0.15) is 22.3 Å². The van der Waals surface area contributed by atoms with E-state index in [1.807, 2.05) is 0 Å². The summed E-state index contributed by atoms with van der Waals surface area (Å²) in [5, 5.41) is 13.6. The maximum absolute atomic E-state index is 13.4. The molecule has 0 unspecified atom stereocenters. The van der Waals surface area contributed by atoms with Crippen LogP contribution < -0.4 is 10.6 Å². The number of halogens is 6. The van der Waals surface area contributed by atoms with Gasteiger partial charge in [-0.15, -0.1) is 0 Å². The number of para-hydroxylation sites is 4. The van der Waals surface area contributed by atoms with E-state index in [4.69, 9.17) is 0 Å². The molecule has 0 bridgehead atoms. The van der Waals surface area contributed by atoms with Crippen LogP contribution in [-0.4, -0.2) is 12.4 Å². The van der Waals surface area contributed by atoms with Crippen LogP contribution in [0.5, 0.6) is 0 Å². The highest BCUT2D eigenvalue weighted by Crippen LogP contribution is 2.37. The van der Waals surface area contributed by atoms with E-state index < -0.39 is 23.5 Å². The summed E-state index contributed by atoms with van der Waals surface area (Å²) in [6.45, 7) is 0. The van der Waals surface area contributed by atoms with Crippen LogP contribution in [-0.2, 0) is 12.4 Å². The first-order valence-corrected chi connectivity index (χ1v) is 11.2. The maximum Gasteiger partial charge on any atom is 0.418 e. The summed E-state index contributed by atoms with van der Waals surface area (Å²) in [5.74, 6) is 0. The first kappa shape index (κ1) is 26.5. The Labute approximate surface area is 214 Å². The number of benzene rings is 4. The predicted molar refractivity (Wildman–Crippen MR) is 138 cm³/mol. The highest BCUT2D eigenvalue weighted by atomic mass is 19.4. The minimum Gasteiger partial charge on any atom is -0.354 e. The van der Waals surface area contributed by atoms with Crippen molar-refractivity contribution in [3.05, 3.63) is 119 Å². The van der Waals surface area contributed by atoms with E-state index in [0.29, 0.717) is 22.5 Å². The van der Waals surface area contributed by atoms with Crippen molar-refractivity contribution in [2.75, 3.05) is 10.6 Å². The molecule has 0 aliphatic rings. The van der Waals surface area contributed by atoms with Crippen molar-refractivity contribution in [1.82, 2.24) is 0 Å². The van der Waals surface area contributed by atoms with Gasteiger partial charge in [-0.2, -0.15) is 36.5 Å². The average Bonchev–Trinajstić information content (AvgIpc) is 2.88. The van der Waals surface area contributed by atoms with Crippen molar-refractivity contribution >= 4 is 35.2 Å². The summed E-state index contributed by atoms with van der Waals surface area (Å²) < 4.78 is 80.2. The van der Waals surface area contributed by atoms with Crippen LogP contribution in [0.2, 0.25) is 0 Å². The standard InChI is InChI=1S/C28H20F6N4/c29-27(30,31)21-11-3-7-15-25(21)37-23-13-5-1-9-19(23)17-35-36-18-20-10-2-6-14-24(20)38-26-16-8-4-12-22(26)28(32,33)34/h1-18,37-38H. The number of hydrogen-bond acceptors (Lipinski definition) is 4. The first-order chi connectivity index (χ1) is 18.1. The molecule has 0 atom stereocenters. The Morgan fingerprint density at radius 1 is 0.447 bits per heavy atom. The molecule has 0 radical (unpaired) electrons. The van der Waals surface area contributed by atoms with Gasteiger partial charge < -0.3 is 10.6 Å². The Morgan fingerprint density at radius 2 is 0.763 bits per heavy atom. The molecule has 10 heteroatoms. The second-order valence-corrected chi connectivity index (χ2v) is 8.00. The topological polar surface area (TPSA) is 48.8 Å². The average molecular weight is 526 g/mol. The van der Waals surface area contributed by atoms with Crippen LogP contribution in [0, 0.1) is 0 Å². The zero-order valence-corrected chi connectivity index (χ0v) is 19.6. The molecule has 0 aliphatic heterocycles. The fraction of sp³-hybridized carbons (Fsp3) is 0.0714. The fourth-order valence-electron chi connectivity index (χ4n) is 3.61. The molecule has 4 aromatic rings. The van der Waals surface area contributed by atoms with E-state index in [-0.39, 0.29) is 11.4 Å². The summed E-state index contributed by atoms with van der Waals surface area (Å²) in [6.07, 6.45) is -6.33. The predicted octanol–water partition coefficient (Wildman–Crippen LogP) is 8.66. The van der Waals surface area contributed by atoms with Crippen molar-refractivity contribution in [2.45, 2.75) is 12.4 Å². The molecule has 0 aromatic heterocycles. The molecule has 0 aliphatic carbocycles. The lowest BCUT2D eigenvalue weighted by molar-refractivity contribution is -0.137. The molecule has 4 nitrogen and oxygen atoms in total. The Balaban J connectivity index is 1.54. The third-order valence-electron chi connectivity index (χ3n) is 5.39. The number of nitrogens with one attached hydrogen (secondary N) is 2. The highest BCUT2D eigenvalue weighted by molar-refractivity contribution is 5.92. The molecule has 194 valence electrons. The number of hydrogen-bond donors (Lipinski definition) is 2. The van der Waals surface area contributed by atoms with Gasteiger partial charge in [-0.1, -0.05) is 60.7 Å².